The molecule has 0 spiro atoms. The van der Waals surface area contributed by atoms with Crippen LogP contribution in [-0.2, 0) is 11.3 Å². The van der Waals surface area contributed by atoms with Crippen molar-refractivity contribution in [2.75, 3.05) is 13.7 Å². The van der Waals surface area contributed by atoms with Gasteiger partial charge in [0.2, 0.25) is 0 Å². The summed E-state index contributed by atoms with van der Waals surface area (Å²) in [5, 5.41) is 0. The fraction of sp³-hybridized carbons (Fsp3) is 0.400. The fourth-order valence-electron chi connectivity index (χ4n) is 3.18. The van der Waals surface area contributed by atoms with Crippen molar-refractivity contribution in [2.24, 2.45) is 11.7 Å². The van der Waals surface area contributed by atoms with E-state index in [9.17, 15) is 0 Å². The average Bonchev–Trinajstić information content (AvgIpc) is 2.98. The number of methoxy groups -OCH3 is 1. The number of hydrogen-bond acceptors (Lipinski definition) is 4. The number of fused-ring (bicyclic) bond motifs is 1. The van der Waals surface area contributed by atoms with Crippen molar-refractivity contribution >= 4 is 11.0 Å². The molecule has 2 N–H and O–H groups in total. The Kier molecular flexibility index (Phi) is 5.46. The van der Waals surface area contributed by atoms with Gasteiger partial charge in [-0.2, -0.15) is 0 Å². The van der Waals surface area contributed by atoms with Crippen LogP contribution in [0.2, 0.25) is 0 Å². The molecule has 0 saturated heterocycles. The number of rotatable bonds is 7. The van der Waals surface area contributed by atoms with Gasteiger partial charge in [0.05, 0.1) is 23.7 Å². The van der Waals surface area contributed by atoms with Gasteiger partial charge in [0.1, 0.15) is 5.82 Å². The minimum Gasteiger partial charge on any atom is -0.383 e. The first-order valence-corrected chi connectivity index (χ1v) is 8.75. The largest absolute Gasteiger partial charge is 0.383 e. The van der Waals surface area contributed by atoms with E-state index < -0.39 is 0 Å². The van der Waals surface area contributed by atoms with E-state index in [0.29, 0.717) is 12.5 Å². The quantitative estimate of drug-likeness (QED) is 0.712. The second-order valence-electron chi connectivity index (χ2n) is 6.79. The highest BCUT2D eigenvalue weighted by Gasteiger charge is 2.18. The molecular formula is C20H26N4O. The molecule has 0 bridgehead atoms. The molecule has 25 heavy (non-hydrogen) atoms. The Morgan fingerprint density at radius 3 is 2.56 bits per heavy atom. The molecule has 0 aliphatic heterocycles. The summed E-state index contributed by atoms with van der Waals surface area (Å²) >= 11 is 0. The molecule has 0 aliphatic carbocycles. The maximum absolute atomic E-state index is 6.45. The van der Waals surface area contributed by atoms with E-state index in [1.807, 2.05) is 24.5 Å². The van der Waals surface area contributed by atoms with Crippen molar-refractivity contribution in [3.8, 4) is 11.1 Å². The molecule has 5 heteroatoms. The molecule has 3 rings (SSSR count). The molecule has 0 aliphatic rings. The van der Waals surface area contributed by atoms with Gasteiger partial charge in [-0.25, -0.2) is 4.98 Å². The maximum atomic E-state index is 6.45. The summed E-state index contributed by atoms with van der Waals surface area (Å²) in [6.45, 7) is 5.74. The summed E-state index contributed by atoms with van der Waals surface area (Å²) in [7, 11) is 1.72. The molecule has 3 aromatic rings. The third-order valence-electron chi connectivity index (χ3n) is 4.37. The molecule has 1 aromatic carbocycles. The van der Waals surface area contributed by atoms with Crippen LogP contribution in [0.15, 0.2) is 42.7 Å². The standard InChI is InChI=1S/C20H26N4O/c1-14(2)12-17(21)20-23-18-5-4-16(15-6-8-22-9-7-15)13-19(18)24(20)10-11-25-3/h4-9,13-14,17H,10-12,21H2,1-3H3/t17-/m1/s1. The van der Waals surface area contributed by atoms with E-state index in [4.69, 9.17) is 15.5 Å². The summed E-state index contributed by atoms with van der Waals surface area (Å²) in [6.07, 6.45) is 4.53. The number of nitrogens with zero attached hydrogens (tertiary/aromatic N) is 3. The molecule has 0 unspecified atom stereocenters. The molecule has 0 fully saturated rings. The summed E-state index contributed by atoms with van der Waals surface area (Å²) in [5.74, 6) is 1.46. The molecule has 1 atom stereocenters. The SMILES string of the molecule is COCCn1c([C@H](N)CC(C)C)nc2ccc(-c3ccncc3)cc21. The first-order valence-electron chi connectivity index (χ1n) is 8.75. The van der Waals surface area contributed by atoms with E-state index in [-0.39, 0.29) is 6.04 Å². The van der Waals surface area contributed by atoms with Gasteiger partial charge in [-0.05, 0) is 47.7 Å². The molecular weight excluding hydrogens is 312 g/mol. The van der Waals surface area contributed by atoms with Crippen molar-refractivity contribution < 1.29 is 4.74 Å². The Hall–Kier alpha value is -2.24. The Bertz CT molecular complexity index is 826. The molecule has 0 saturated carbocycles. The van der Waals surface area contributed by atoms with E-state index in [1.165, 1.54) is 0 Å². The third kappa shape index (κ3) is 3.89. The second kappa shape index (κ2) is 7.76. The predicted molar refractivity (Wildman–Crippen MR) is 101 cm³/mol. The van der Waals surface area contributed by atoms with Crippen LogP contribution in [0.1, 0.15) is 32.1 Å². The minimum absolute atomic E-state index is 0.0753. The Morgan fingerprint density at radius 2 is 1.88 bits per heavy atom. The highest BCUT2D eigenvalue weighted by molar-refractivity contribution is 5.82. The topological polar surface area (TPSA) is 66.0 Å². The van der Waals surface area contributed by atoms with E-state index >= 15 is 0 Å². The fourth-order valence-corrected chi connectivity index (χ4v) is 3.18. The van der Waals surface area contributed by atoms with Crippen molar-refractivity contribution in [1.29, 1.82) is 0 Å². The van der Waals surface area contributed by atoms with E-state index in [0.717, 1.165) is 41.0 Å². The summed E-state index contributed by atoms with van der Waals surface area (Å²) in [5.41, 5.74) is 10.8. The number of nitrogens with two attached hydrogens (primary N) is 1. The first kappa shape index (κ1) is 17.6. The van der Waals surface area contributed by atoms with Gasteiger partial charge in [0.25, 0.3) is 0 Å². The maximum Gasteiger partial charge on any atom is 0.126 e. The van der Waals surface area contributed by atoms with Crippen molar-refractivity contribution in [3.63, 3.8) is 0 Å². The van der Waals surface area contributed by atoms with Gasteiger partial charge in [-0.1, -0.05) is 19.9 Å². The zero-order valence-corrected chi connectivity index (χ0v) is 15.1. The van der Waals surface area contributed by atoms with Crippen LogP contribution in [0.25, 0.3) is 22.2 Å². The Labute approximate surface area is 148 Å². The number of pyridine rings is 1. The Morgan fingerprint density at radius 1 is 1.12 bits per heavy atom. The third-order valence-corrected chi connectivity index (χ3v) is 4.37. The minimum atomic E-state index is -0.0753. The second-order valence-corrected chi connectivity index (χ2v) is 6.79. The van der Waals surface area contributed by atoms with Crippen LogP contribution in [0.3, 0.4) is 0 Å². The monoisotopic (exact) mass is 338 g/mol. The van der Waals surface area contributed by atoms with Crippen LogP contribution in [0.5, 0.6) is 0 Å². The molecule has 2 heterocycles. The van der Waals surface area contributed by atoms with Gasteiger partial charge >= 0.3 is 0 Å². The number of imidazole rings is 1. The van der Waals surface area contributed by atoms with Gasteiger partial charge in [0.15, 0.2) is 0 Å². The van der Waals surface area contributed by atoms with Crippen LogP contribution >= 0.6 is 0 Å². The van der Waals surface area contributed by atoms with Crippen molar-refractivity contribution in [2.45, 2.75) is 32.9 Å². The van der Waals surface area contributed by atoms with Crippen LogP contribution in [0.4, 0.5) is 0 Å². The lowest BCUT2D eigenvalue weighted by Crippen LogP contribution is -2.19. The normalized spacial score (nSPS) is 12.8. The highest BCUT2D eigenvalue weighted by Crippen LogP contribution is 2.28. The Balaban J connectivity index is 2.08. The smallest absolute Gasteiger partial charge is 0.126 e. The van der Waals surface area contributed by atoms with Gasteiger partial charge in [-0.3, -0.25) is 4.98 Å². The van der Waals surface area contributed by atoms with Crippen molar-refractivity contribution in [1.82, 2.24) is 14.5 Å². The lowest BCUT2D eigenvalue weighted by molar-refractivity contribution is 0.186. The molecule has 132 valence electrons. The summed E-state index contributed by atoms with van der Waals surface area (Å²) < 4.78 is 7.50. The number of benzene rings is 1. The van der Waals surface area contributed by atoms with Crippen molar-refractivity contribution in [3.05, 3.63) is 48.5 Å². The molecule has 0 radical (unpaired) electrons. The van der Waals surface area contributed by atoms with Crippen LogP contribution in [0, 0.1) is 5.92 Å². The van der Waals surface area contributed by atoms with Gasteiger partial charge in [0, 0.05) is 26.0 Å². The zero-order chi connectivity index (χ0) is 17.8. The zero-order valence-electron chi connectivity index (χ0n) is 15.1. The van der Waals surface area contributed by atoms with E-state index in [1.54, 1.807) is 7.11 Å². The summed E-state index contributed by atoms with van der Waals surface area (Å²) in [4.78, 5) is 8.92. The predicted octanol–water partition coefficient (Wildman–Crippen LogP) is 3.79. The molecule has 5 nitrogen and oxygen atoms in total. The number of aromatic nitrogens is 3. The van der Waals surface area contributed by atoms with Gasteiger partial charge < -0.3 is 15.0 Å². The number of hydrogen-bond donors (Lipinski definition) is 1. The lowest BCUT2D eigenvalue weighted by atomic mass is 10.0. The van der Waals surface area contributed by atoms with Crippen LogP contribution in [-0.4, -0.2) is 28.3 Å². The molecule has 0 amide bonds. The van der Waals surface area contributed by atoms with Crippen LogP contribution < -0.4 is 5.73 Å². The van der Waals surface area contributed by atoms with Gasteiger partial charge in [-0.15, -0.1) is 0 Å². The lowest BCUT2D eigenvalue weighted by Gasteiger charge is -2.16. The first-order chi connectivity index (χ1) is 12.1. The molecule has 2 aromatic heterocycles. The highest BCUT2D eigenvalue weighted by atomic mass is 16.5. The van der Waals surface area contributed by atoms with E-state index in [2.05, 4.69) is 41.6 Å². The number of ether oxygens (including phenoxy) is 1. The summed E-state index contributed by atoms with van der Waals surface area (Å²) in [6, 6.07) is 10.3. The average molecular weight is 338 g/mol.